The molecule has 1 amide bonds. The fourth-order valence-corrected chi connectivity index (χ4v) is 4.47. The number of ether oxygens (including phenoxy) is 1. The van der Waals surface area contributed by atoms with Gasteiger partial charge in [-0.25, -0.2) is 9.78 Å². The van der Waals surface area contributed by atoms with Crippen LogP contribution in [0.3, 0.4) is 0 Å². The molecule has 0 saturated heterocycles. The molecule has 0 spiro atoms. The van der Waals surface area contributed by atoms with Gasteiger partial charge in [-0.05, 0) is 62.0 Å². The maximum absolute atomic E-state index is 12.8. The average molecular weight is 541 g/mol. The highest BCUT2D eigenvalue weighted by atomic mass is 32.2. The van der Waals surface area contributed by atoms with E-state index in [-0.39, 0.29) is 11.8 Å². The van der Waals surface area contributed by atoms with Crippen LogP contribution in [0.2, 0.25) is 0 Å². The van der Waals surface area contributed by atoms with E-state index in [2.05, 4.69) is 20.5 Å². The zero-order valence-electron chi connectivity index (χ0n) is 21.4. The number of hydrogen-bond acceptors (Lipinski definition) is 9. The number of aryl methyl sites for hydroxylation is 2. The lowest BCUT2D eigenvalue weighted by Crippen LogP contribution is -2.34. The SMILES string of the molecule is COC(=O)C(NC(=O)c1ccccc1)c1nnc(-c2nc(-c3ccc(C)cc3)oc2Sc2ccc(C)cc2)o1. The Hall–Kier alpha value is -4.70. The van der Waals surface area contributed by atoms with Crippen LogP contribution in [0.15, 0.2) is 97.7 Å². The van der Waals surface area contributed by atoms with Gasteiger partial charge < -0.3 is 18.9 Å². The number of nitrogens with zero attached hydrogens (tertiary/aromatic N) is 3. The Labute approximate surface area is 228 Å². The summed E-state index contributed by atoms with van der Waals surface area (Å²) < 4.78 is 16.9. The van der Waals surface area contributed by atoms with Gasteiger partial charge in [-0.2, -0.15) is 0 Å². The predicted molar refractivity (Wildman–Crippen MR) is 144 cm³/mol. The minimum Gasteiger partial charge on any atom is -0.467 e. The molecule has 1 atom stereocenters. The summed E-state index contributed by atoms with van der Waals surface area (Å²) in [5.74, 6) is -0.994. The van der Waals surface area contributed by atoms with E-state index < -0.39 is 17.9 Å². The van der Waals surface area contributed by atoms with Crippen molar-refractivity contribution in [3.05, 3.63) is 101 Å². The zero-order valence-corrected chi connectivity index (χ0v) is 22.2. The van der Waals surface area contributed by atoms with E-state index in [9.17, 15) is 9.59 Å². The van der Waals surface area contributed by atoms with Crippen molar-refractivity contribution >= 4 is 23.6 Å². The lowest BCUT2D eigenvalue weighted by atomic mass is 10.1. The third-order valence-corrected chi connectivity index (χ3v) is 6.73. The average Bonchev–Trinajstić information content (AvgIpc) is 3.61. The first-order valence-electron chi connectivity index (χ1n) is 12.0. The Kier molecular flexibility index (Phi) is 7.55. The van der Waals surface area contributed by atoms with Crippen molar-refractivity contribution in [3.63, 3.8) is 0 Å². The first-order valence-corrected chi connectivity index (χ1v) is 12.8. The molecule has 2 aromatic heterocycles. The third-order valence-electron chi connectivity index (χ3n) is 5.76. The van der Waals surface area contributed by atoms with Crippen LogP contribution in [0.25, 0.3) is 23.0 Å². The molecule has 0 fully saturated rings. The van der Waals surface area contributed by atoms with E-state index in [1.807, 2.05) is 62.4 Å². The number of hydrogen-bond donors (Lipinski definition) is 1. The molecular formula is C29H24N4O5S. The van der Waals surface area contributed by atoms with E-state index >= 15 is 0 Å². The molecule has 2 heterocycles. The van der Waals surface area contributed by atoms with Gasteiger partial charge >= 0.3 is 5.97 Å². The Morgan fingerprint density at radius 3 is 2.18 bits per heavy atom. The lowest BCUT2D eigenvalue weighted by Gasteiger charge is -2.12. The van der Waals surface area contributed by atoms with Gasteiger partial charge in [0.25, 0.3) is 17.7 Å². The van der Waals surface area contributed by atoms with Crippen molar-refractivity contribution in [1.29, 1.82) is 0 Å². The Morgan fingerprint density at radius 1 is 0.846 bits per heavy atom. The van der Waals surface area contributed by atoms with Crippen LogP contribution in [-0.2, 0) is 9.53 Å². The second kappa shape index (κ2) is 11.4. The second-order valence-corrected chi connectivity index (χ2v) is 9.72. The molecule has 5 aromatic rings. The summed E-state index contributed by atoms with van der Waals surface area (Å²) in [7, 11) is 1.21. The van der Waals surface area contributed by atoms with Crippen molar-refractivity contribution in [2.24, 2.45) is 0 Å². The molecule has 196 valence electrons. The van der Waals surface area contributed by atoms with Crippen molar-refractivity contribution in [1.82, 2.24) is 20.5 Å². The summed E-state index contributed by atoms with van der Waals surface area (Å²) in [6.45, 7) is 4.01. The number of oxazole rings is 1. The highest BCUT2D eigenvalue weighted by Gasteiger charge is 2.31. The van der Waals surface area contributed by atoms with Gasteiger partial charge in [-0.1, -0.05) is 53.6 Å². The van der Waals surface area contributed by atoms with Crippen LogP contribution in [0, 0.1) is 13.8 Å². The fourth-order valence-electron chi connectivity index (χ4n) is 3.63. The molecule has 5 rings (SSSR count). The standard InChI is InChI=1S/C29H24N4O5S/c1-17-9-13-20(14-10-17)25-31-23(29(38-25)39-21-15-11-18(2)12-16-21)27-33-32-26(37-27)22(28(35)36-3)30-24(34)19-7-5-4-6-8-19/h4-16,22H,1-3H3,(H,30,34). The van der Waals surface area contributed by atoms with Gasteiger partial charge in [0, 0.05) is 16.0 Å². The summed E-state index contributed by atoms with van der Waals surface area (Å²) >= 11 is 1.35. The number of esters is 1. The molecule has 0 aliphatic carbocycles. The molecule has 0 bridgehead atoms. The van der Waals surface area contributed by atoms with Crippen LogP contribution in [0.4, 0.5) is 0 Å². The number of benzene rings is 3. The molecule has 0 radical (unpaired) electrons. The number of carbonyl (C=O) groups is 2. The second-order valence-electron chi connectivity index (χ2n) is 8.68. The van der Waals surface area contributed by atoms with Gasteiger partial charge in [0.15, 0.2) is 10.8 Å². The van der Waals surface area contributed by atoms with Gasteiger partial charge in [0.2, 0.25) is 11.9 Å². The monoisotopic (exact) mass is 540 g/mol. The van der Waals surface area contributed by atoms with Crippen LogP contribution >= 0.6 is 11.8 Å². The largest absolute Gasteiger partial charge is 0.467 e. The molecule has 39 heavy (non-hydrogen) atoms. The first kappa shape index (κ1) is 25.9. The predicted octanol–water partition coefficient (Wildman–Crippen LogP) is 5.80. The number of methoxy groups -OCH3 is 1. The first-order chi connectivity index (χ1) is 18.9. The van der Waals surface area contributed by atoms with Gasteiger partial charge in [0.1, 0.15) is 0 Å². The molecule has 9 nitrogen and oxygen atoms in total. The highest BCUT2D eigenvalue weighted by molar-refractivity contribution is 7.99. The zero-order chi connectivity index (χ0) is 27.4. The Balaban J connectivity index is 1.50. The minimum absolute atomic E-state index is 0.0320. The van der Waals surface area contributed by atoms with Crippen molar-refractivity contribution in [3.8, 4) is 23.0 Å². The molecule has 3 aromatic carbocycles. The molecule has 0 aliphatic rings. The highest BCUT2D eigenvalue weighted by Crippen LogP contribution is 2.39. The summed E-state index contributed by atoms with van der Waals surface area (Å²) in [5.41, 5.74) is 3.69. The van der Waals surface area contributed by atoms with E-state index in [0.29, 0.717) is 22.2 Å². The number of rotatable bonds is 8. The van der Waals surface area contributed by atoms with Crippen molar-refractivity contribution in [2.75, 3.05) is 7.11 Å². The Bertz CT molecular complexity index is 1600. The maximum Gasteiger partial charge on any atom is 0.338 e. The van der Waals surface area contributed by atoms with E-state index in [4.69, 9.17) is 13.6 Å². The smallest absolute Gasteiger partial charge is 0.338 e. The maximum atomic E-state index is 12.8. The Morgan fingerprint density at radius 2 is 1.51 bits per heavy atom. The van der Waals surface area contributed by atoms with E-state index in [0.717, 1.165) is 21.6 Å². The fraction of sp³-hybridized carbons (Fsp3) is 0.138. The topological polar surface area (TPSA) is 120 Å². The normalized spacial score (nSPS) is 11.7. The van der Waals surface area contributed by atoms with Crippen LogP contribution in [0.5, 0.6) is 0 Å². The van der Waals surface area contributed by atoms with E-state index in [1.165, 1.54) is 18.9 Å². The number of aromatic nitrogens is 3. The summed E-state index contributed by atoms with van der Waals surface area (Å²) in [6.07, 6.45) is 0. The molecule has 0 aliphatic heterocycles. The number of carbonyl (C=O) groups excluding carboxylic acids is 2. The van der Waals surface area contributed by atoms with Crippen molar-refractivity contribution in [2.45, 2.75) is 29.9 Å². The molecule has 1 unspecified atom stereocenters. The number of nitrogens with one attached hydrogen (secondary N) is 1. The molecular weight excluding hydrogens is 516 g/mol. The van der Waals surface area contributed by atoms with E-state index in [1.54, 1.807) is 30.3 Å². The molecule has 10 heteroatoms. The van der Waals surface area contributed by atoms with Crippen LogP contribution in [0.1, 0.15) is 33.4 Å². The molecule has 1 N–H and O–H groups in total. The number of amides is 1. The van der Waals surface area contributed by atoms with Crippen molar-refractivity contribution < 1.29 is 23.2 Å². The lowest BCUT2D eigenvalue weighted by molar-refractivity contribution is -0.143. The minimum atomic E-state index is -1.32. The van der Waals surface area contributed by atoms with Crippen LogP contribution < -0.4 is 5.32 Å². The third kappa shape index (κ3) is 5.91. The summed E-state index contributed by atoms with van der Waals surface area (Å²) in [4.78, 5) is 30.9. The van der Waals surface area contributed by atoms with Gasteiger partial charge in [-0.15, -0.1) is 10.2 Å². The van der Waals surface area contributed by atoms with Gasteiger partial charge in [-0.3, -0.25) is 4.79 Å². The van der Waals surface area contributed by atoms with Gasteiger partial charge in [0.05, 0.1) is 7.11 Å². The summed E-state index contributed by atoms with van der Waals surface area (Å²) in [6, 6.07) is 22.9. The summed E-state index contributed by atoms with van der Waals surface area (Å²) in [5, 5.41) is 11.2. The quantitative estimate of drug-likeness (QED) is 0.243. The molecule has 0 saturated carbocycles. The van der Waals surface area contributed by atoms with Crippen LogP contribution in [-0.4, -0.2) is 34.2 Å².